The minimum absolute atomic E-state index is 0.224. The molecule has 1 N–H and O–H groups in total. The lowest BCUT2D eigenvalue weighted by Gasteiger charge is -2.18. The van der Waals surface area contributed by atoms with Crippen LogP contribution in [0.4, 0.5) is 19.0 Å². The van der Waals surface area contributed by atoms with Gasteiger partial charge in [0.1, 0.15) is 11.6 Å². The smallest absolute Gasteiger partial charge is 0.363 e. The third-order valence-electron chi connectivity index (χ3n) is 3.03. The van der Waals surface area contributed by atoms with E-state index in [0.717, 1.165) is 11.6 Å². The van der Waals surface area contributed by atoms with Crippen molar-refractivity contribution in [3.63, 3.8) is 0 Å². The molecule has 0 radical (unpaired) electrons. The molecule has 2 aromatic rings. The van der Waals surface area contributed by atoms with Gasteiger partial charge in [0.25, 0.3) is 0 Å². The number of nitrogens with zero attached hydrogens (tertiary/aromatic N) is 2. The molecule has 0 spiro atoms. The summed E-state index contributed by atoms with van der Waals surface area (Å²) in [4.78, 5) is 3.82. The van der Waals surface area contributed by atoms with Crippen LogP contribution in [0.5, 0.6) is 0 Å². The van der Waals surface area contributed by atoms with Gasteiger partial charge in [0.05, 0.1) is 17.3 Å². The summed E-state index contributed by atoms with van der Waals surface area (Å²) in [6.45, 7) is 5.19. The highest BCUT2D eigenvalue weighted by Gasteiger charge is 2.35. The van der Waals surface area contributed by atoms with Crippen LogP contribution >= 0.6 is 15.9 Å². The Kier molecular flexibility index (Phi) is 4.27. The summed E-state index contributed by atoms with van der Waals surface area (Å²) in [5.74, 6) is 0.344. The Labute approximate surface area is 127 Å². The molecule has 21 heavy (non-hydrogen) atoms. The molecule has 0 bridgehead atoms. The molecule has 0 aliphatic rings. The van der Waals surface area contributed by atoms with Gasteiger partial charge in [0.2, 0.25) is 0 Å². The Balaban J connectivity index is 2.36. The van der Waals surface area contributed by atoms with Crippen LogP contribution in [-0.2, 0) is 6.18 Å². The van der Waals surface area contributed by atoms with Crippen molar-refractivity contribution < 1.29 is 17.7 Å². The monoisotopic (exact) mass is 363 g/mol. The molecular formula is C13H13BrF3N3O. The first-order valence-corrected chi connectivity index (χ1v) is 6.91. The van der Waals surface area contributed by atoms with Crippen LogP contribution in [0.2, 0.25) is 0 Å². The van der Waals surface area contributed by atoms with Crippen molar-refractivity contribution in [2.45, 2.75) is 33.0 Å². The summed E-state index contributed by atoms with van der Waals surface area (Å²) in [5, 5.41) is 6.58. The summed E-state index contributed by atoms with van der Waals surface area (Å²) in [6.07, 6.45) is -3.17. The van der Waals surface area contributed by atoms with Crippen LogP contribution in [0.1, 0.15) is 35.5 Å². The molecule has 0 fully saturated rings. The molecule has 0 aliphatic carbocycles. The number of rotatable bonds is 3. The highest BCUT2D eigenvalue weighted by molar-refractivity contribution is 9.10. The van der Waals surface area contributed by atoms with Crippen molar-refractivity contribution in [2.24, 2.45) is 0 Å². The molecule has 0 saturated heterocycles. The first kappa shape index (κ1) is 15.8. The van der Waals surface area contributed by atoms with Crippen molar-refractivity contribution >= 4 is 21.7 Å². The highest BCUT2D eigenvalue weighted by Crippen LogP contribution is 2.36. The standard InChI is InChI=1S/C13H13BrF3N3O/c1-6(11-7(2)20-21-8(11)3)19-12-10(13(15,16)17)4-9(14)5-18-12/h4-6H,1-3H3,(H,18,19). The minimum atomic E-state index is -4.49. The summed E-state index contributed by atoms with van der Waals surface area (Å²) >= 11 is 3.00. The van der Waals surface area contributed by atoms with Crippen molar-refractivity contribution in [2.75, 3.05) is 5.32 Å². The van der Waals surface area contributed by atoms with Crippen molar-refractivity contribution in [1.29, 1.82) is 0 Å². The number of alkyl halides is 3. The number of hydrogen-bond acceptors (Lipinski definition) is 4. The molecule has 114 valence electrons. The zero-order chi connectivity index (χ0) is 15.8. The van der Waals surface area contributed by atoms with E-state index >= 15 is 0 Å². The second-order valence-electron chi connectivity index (χ2n) is 4.65. The average molecular weight is 364 g/mol. The number of hydrogen-bond donors (Lipinski definition) is 1. The molecule has 1 atom stereocenters. The number of nitrogens with one attached hydrogen (secondary N) is 1. The van der Waals surface area contributed by atoms with Crippen LogP contribution in [-0.4, -0.2) is 10.1 Å². The third kappa shape index (κ3) is 3.37. The van der Waals surface area contributed by atoms with Gasteiger partial charge in [-0.1, -0.05) is 5.16 Å². The SMILES string of the molecule is Cc1noc(C)c1C(C)Nc1ncc(Br)cc1C(F)(F)F. The van der Waals surface area contributed by atoms with Crippen LogP contribution in [0.3, 0.4) is 0 Å². The van der Waals surface area contributed by atoms with Gasteiger partial charge in [-0.2, -0.15) is 13.2 Å². The van der Waals surface area contributed by atoms with E-state index < -0.39 is 17.8 Å². The summed E-state index contributed by atoms with van der Waals surface area (Å²) in [7, 11) is 0. The Morgan fingerprint density at radius 3 is 2.52 bits per heavy atom. The zero-order valence-electron chi connectivity index (χ0n) is 11.5. The van der Waals surface area contributed by atoms with E-state index in [1.165, 1.54) is 6.20 Å². The Morgan fingerprint density at radius 2 is 2.00 bits per heavy atom. The lowest BCUT2D eigenvalue weighted by molar-refractivity contribution is -0.137. The topological polar surface area (TPSA) is 51.0 Å². The molecule has 8 heteroatoms. The van der Waals surface area contributed by atoms with Gasteiger partial charge in [-0.25, -0.2) is 4.98 Å². The lowest BCUT2D eigenvalue weighted by atomic mass is 10.1. The zero-order valence-corrected chi connectivity index (χ0v) is 13.1. The predicted molar refractivity (Wildman–Crippen MR) is 75.0 cm³/mol. The lowest BCUT2D eigenvalue weighted by Crippen LogP contribution is -2.15. The van der Waals surface area contributed by atoms with E-state index in [9.17, 15) is 13.2 Å². The summed E-state index contributed by atoms with van der Waals surface area (Å²) in [6, 6.07) is 0.584. The molecule has 0 aliphatic heterocycles. The Bertz CT molecular complexity index is 635. The molecule has 0 saturated carbocycles. The van der Waals surface area contributed by atoms with Crippen LogP contribution < -0.4 is 5.32 Å². The molecule has 0 aromatic carbocycles. The largest absolute Gasteiger partial charge is 0.419 e. The van der Waals surface area contributed by atoms with Crippen LogP contribution in [0, 0.1) is 13.8 Å². The average Bonchev–Trinajstić information content (AvgIpc) is 2.70. The highest BCUT2D eigenvalue weighted by atomic mass is 79.9. The predicted octanol–water partition coefficient (Wildman–Crippen LogP) is 4.64. The fraction of sp³-hybridized carbons (Fsp3) is 0.385. The maximum Gasteiger partial charge on any atom is 0.419 e. The van der Waals surface area contributed by atoms with Gasteiger partial charge in [-0.15, -0.1) is 0 Å². The minimum Gasteiger partial charge on any atom is -0.363 e. The molecule has 0 amide bonds. The van der Waals surface area contributed by atoms with Crippen LogP contribution in [0.15, 0.2) is 21.3 Å². The van der Waals surface area contributed by atoms with Gasteiger partial charge in [0.15, 0.2) is 0 Å². The third-order valence-corrected chi connectivity index (χ3v) is 3.47. The first-order valence-electron chi connectivity index (χ1n) is 6.12. The first-order chi connectivity index (χ1) is 9.70. The van der Waals surface area contributed by atoms with Crippen molar-refractivity contribution in [3.05, 3.63) is 39.3 Å². The number of aryl methyl sites for hydroxylation is 2. The van der Waals surface area contributed by atoms with Crippen molar-refractivity contribution in [3.8, 4) is 0 Å². The number of aromatic nitrogens is 2. The maximum absolute atomic E-state index is 13.0. The fourth-order valence-corrected chi connectivity index (χ4v) is 2.49. The quantitative estimate of drug-likeness (QED) is 0.862. The van der Waals surface area contributed by atoms with Gasteiger partial charge in [-0.05, 0) is 42.8 Å². The van der Waals surface area contributed by atoms with Crippen LogP contribution in [0.25, 0.3) is 0 Å². The second kappa shape index (κ2) is 5.67. The molecule has 4 nitrogen and oxygen atoms in total. The molecule has 2 aromatic heterocycles. The van der Waals surface area contributed by atoms with Gasteiger partial charge < -0.3 is 9.84 Å². The maximum atomic E-state index is 13.0. The molecular weight excluding hydrogens is 351 g/mol. The second-order valence-corrected chi connectivity index (χ2v) is 5.57. The van der Waals surface area contributed by atoms with E-state index in [-0.39, 0.29) is 10.3 Å². The van der Waals surface area contributed by atoms with E-state index in [1.54, 1.807) is 20.8 Å². The summed E-state index contributed by atoms with van der Waals surface area (Å²) < 4.78 is 44.4. The van der Waals surface area contributed by atoms with Crippen molar-refractivity contribution in [1.82, 2.24) is 10.1 Å². The Hall–Kier alpha value is -1.57. The number of halogens is 4. The van der Waals surface area contributed by atoms with Gasteiger partial charge in [-0.3, -0.25) is 0 Å². The molecule has 2 rings (SSSR count). The fourth-order valence-electron chi connectivity index (χ4n) is 2.16. The molecule has 2 heterocycles. The number of anilines is 1. The van der Waals surface area contributed by atoms with E-state index in [4.69, 9.17) is 4.52 Å². The Morgan fingerprint density at radius 1 is 1.33 bits per heavy atom. The van der Waals surface area contributed by atoms with E-state index in [0.29, 0.717) is 11.5 Å². The van der Waals surface area contributed by atoms with E-state index in [2.05, 4.69) is 31.4 Å². The summed E-state index contributed by atoms with van der Waals surface area (Å²) in [5.41, 5.74) is 0.543. The number of pyridine rings is 1. The van der Waals surface area contributed by atoms with Gasteiger partial charge in [0, 0.05) is 16.2 Å². The normalized spacial score (nSPS) is 13.3. The molecule has 1 unspecified atom stereocenters. The van der Waals surface area contributed by atoms with E-state index in [1.807, 2.05) is 0 Å². The van der Waals surface area contributed by atoms with Gasteiger partial charge >= 0.3 is 6.18 Å².